The van der Waals surface area contributed by atoms with E-state index in [-0.39, 0.29) is 24.4 Å². The van der Waals surface area contributed by atoms with Crippen molar-refractivity contribution in [3.05, 3.63) is 24.3 Å². The minimum atomic E-state index is -3.33. The number of ether oxygens (including phenoxy) is 1. The molecule has 0 aliphatic heterocycles. The van der Waals surface area contributed by atoms with Gasteiger partial charge in [-0.3, -0.25) is 0 Å². The second-order valence-electron chi connectivity index (χ2n) is 5.51. The summed E-state index contributed by atoms with van der Waals surface area (Å²) in [5.41, 5.74) is 6.20. The Kier molecular flexibility index (Phi) is 5.08. The van der Waals surface area contributed by atoms with Crippen molar-refractivity contribution in [1.29, 1.82) is 0 Å². The van der Waals surface area contributed by atoms with Crippen molar-refractivity contribution in [1.82, 2.24) is 4.31 Å². The third-order valence-electron chi connectivity index (χ3n) is 3.69. The Morgan fingerprint density at radius 3 is 2.52 bits per heavy atom. The van der Waals surface area contributed by atoms with E-state index < -0.39 is 10.0 Å². The van der Waals surface area contributed by atoms with Gasteiger partial charge in [0.1, 0.15) is 12.4 Å². The normalized spacial score (nSPS) is 22.0. The van der Waals surface area contributed by atoms with E-state index in [1.54, 1.807) is 31.3 Å². The van der Waals surface area contributed by atoms with Crippen molar-refractivity contribution in [3.8, 4) is 5.75 Å². The summed E-state index contributed by atoms with van der Waals surface area (Å²) in [5, 5.41) is 9.22. The number of nitrogens with two attached hydrogens (primary N) is 1. The first kappa shape index (κ1) is 16.1. The molecule has 6 nitrogen and oxygen atoms in total. The molecular weight excluding hydrogens is 292 g/mol. The fraction of sp³-hybridized carbons (Fsp3) is 0.571. The average Bonchev–Trinajstić information content (AvgIpc) is 2.39. The lowest BCUT2D eigenvalue weighted by molar-refractivity contribution is 0.0367. The molecule has 1 saturated carbocycles. The van der Waals surface area contributed by atoms with Gasteiger partial charge < -0.3 is 15.6 Å². The van der Waals surface area contributed by atoms with Crippen LogP contribution in [0.1, 0.15) is 12.8 Å². The Bertz CT molecular complexity index is 553. The number of nitrogens with zero attached hydrogens (tertiary/aromatic N) is 1. The molecule has 1 aromatic carbocycles. The molecule has 0 unspecified atom stereocenters. The molecule has 0 atom stereocenters. The molecule has 0 spiro atoms. The van der Waals surface area contributed by atoms with Gasteiger partial charge in [0, 0.05) is 19.3 Å². The standard InChI is InChI=1S/C14H22N2O4S/c1-16(10-11-8-13(17)9-11)21(18,19)7-6-20-14-4-2-12(15)3-5-14/h2-5,11,13,17H,6-10,15H2,1H3. The predicted molar refractivity (Wildman–Crippen MR) is 81.5 cm³/mol. The Morgan fingerprint density at radius 1 is 1.33 bits per heavy atom. The third kappa shape index (κ3) is 4.59. The molecular formula is C14H22N2O4S. The van der Waals surface area contributed by atoms with Gasteiger partial charge in [-0.25, -0.2) is 12.7 Å². The Labute approximate surface area is 125 Å². The fourth-order valence-electron chi connectivity index (χ4n) is 2.31. The lowest BCUT2D eigenvalue weighted by Crippen LogP contribution is -2.40. The predicted octanol–water partition coefficient (Wildman–Crippen LogP) is 0.680. The molecule has 0 amide bonds. The van der Waals surface area contributed by atoms with Gasteiger partial charge in [0.25, 0.3) is 0 Å². The first-order valence-corrected chi connectivity index (χ1v) is 8.58. The number of hydrogen-bond donors (Lipinski definition) is 2. The molecule has 1 aliphatic rings. The largest absolute Gasteiger partial charge is 0.492 e. The summed E-state index contributed by atoms with van der Waals surface area (Å²) in [6.45, 7) is 0.561. The third-order valence-corrected chi connectivity index (χ3v) is 5.47. The zero-order valence-electron chi connectivity index (χ0n) is 12.1. The van der Waals surface area contributed by atoms with Gasteiger partial charge in [-0.15, -0.1) is 0 Å². The molecule has 1 aliphatic carbocycles. The highest BCUT2D eigenvalue weighted by Gasteiger charge is 2.30. The molecule has 2 rings (SSSR count). The molecule has 118 valence electrons. The first-order valence-electron chi connectivity index (χ1n) is 6.97. The summed E-state index contributed by atoms with van der Waals surface area (Å²) < 4.78 is 31.0. The number of nitrogen functional groups attached to an aromatic ring is 1. The zero-order chi connectivity index (χ0) is 15.5. The van der Waals surface area contributed by atoms with Crippen LogP contribution in [0.5, 0.6) is 5.75 Å². The van der Waals surface area contributed by atoms with Crippen LogP contribution in [0.2, 0.25) is 0 Å². The highest BCUT2D eigenvalue weighted by molar-refractivity contribution is 7.89. The second kappa shape index (κ2) is 6.64. The molecule has 0 bridgehead atoms. The van der Waals surface area contributed by atoms with Gasteiger partial charge in [-0.1, -0.05) is 0 Å². The molecule has 3 N–H and O–H groups in total. The van der Waals surface area contributed by atoms with E-state index in [2.05, 4.69) is 0 Å². The quantitative estimate of drug-likeness (QED) is 0.722. The second-order valence-corrected chi connectivity index (χ2v) is 7.70. The Morgan fingerprint density at radius 2 is 1.95 bits per heavy atom. The molecule has 1 fully saturated rings. The molecule has 0 saturated heterocycles. The monoisotopic (exact) mass is 314 g/mol. The van der Waals surface area contributed by atoms with E-state index in [0.29, 0.717) is 30.8 Å². The van der Waals surface area contributed by atoms with Crippen LogP contribution in [0.15, 0.2) is 24.3 Å². The van der Waals surface area contributed by atoms with Crippen LogP contribution in [0.4, 0.5) is 5.69 Å². The molecule has 0 heterocycles. The van der Waals surface area contributed by atoms with Gasteiger partial charge in [-0.2, -0.15) is 0 Å². The van der Waals surface area contributed by atoms with Crippen LogP contribution in [-0.4, -0.2) is 49.9 Å². The van der Waals surface area contributed by atoms with Gasteiger partial charge in [0.2, 0.25) is 10.0 Å². The minimum absolute atomic E-state index is 0.0663. The summed E-state index contributed by atoms with van der Waals surface area (Å²) in [7, 11) is -1.75. The Hall–Kier alpha value is -1.31. The van der Waals surface area contributed by atoms with E-state index in [4.69, 9.17) is 10.5 Å². The van der Waals surface area contributed by atoms with Crippen LogP contribution in [0, 0.1) is 5.92 Å². The van der Waals surface area contributed by atoms with E-state index in [1.165, 1.54) is 4.31 Å². The highest BCUT2D eigenvalue weighted by Crippen LogP contribution is 2.28. The molecule has 0 radical (unpaired) electrons. The number of aliphatic hydroxyl groups is 1. The van der Waals surface area contributed by atoms with Crippen LogP contribution >= 0.6 is 0 Å². The number of aliphatic hydroxyl groups excluding tert-OH is 1. The number of benzene rings is 1. The van der Waals surface area contributed by atoms with E-state index >= 15 is 0 Å². The number of anilines is 1. The highest BCUT2D eigenvalue weighted by atomic mass is 32.2. The van der Waals surface area contributed by atoms with Crippen molar-refractivity contribution in [2.75, 3.05) is 31.7 Å². The van der Waals surface area contributed by atoms with Crippen LogP contribution in [0.25, 0.3) is 0 Å². The average molecular weight is 314 g/mol. The van der Waals surface area contributed by atoms with E-state index in [0.717, 1.165) is 0 Å². The summed E-state index contributed by atoms with van der Waals surface area (Å²) in [4.78, 5) is 0. The van der Waals surface area contributed by atoms with Gasteiger partial charge in [0.05, 0.1) is 11.9 Å². The van der Waals surface area contributed by atoms with Crippen molar-refractivity contribution >= 4 is 15.7 Å². The number of hydrogen-bond acceptors (Lipinski definition) is 5. The number of rotatable bonds is 7. The zero-order valence-corrected chi connectivity index (χ0v) is 12.9. The maximum Gasteiger partial charge on any atom is 0.217 e. The van der Waals surface area contributed by atoms with Crippen molar-refractivity contribution < 1.29 is 18.3 Å². The van der Waals surface area contributed by atoms with Crippen molar-refractivity contribution in [2.45, 2.75) is 18.9 Å². The van der Waals surface area contributed by atoms with Gasteiger partial charge in [-0.05, 0) is 43.0 Å². The minimum Gasteiger partial charge on any atom is -0.492 e. The van der Waals surface area contributed by atoms with Crippen LogP contribution in [-0.2, 0) is 10.0 Å². The van der Waals surface area contributed by atoms with Crippen molar-refractivity contribution in [2.24, 2.45) is 5.92 Å². The van der Waals surface area contributed by atoms with Gasteiger partial charge in [0.15, 0.2) is 0 Å². The smallest absolute Gasteiger partial charge is 0.217 e. The lowest BCUT2D eigenvalue weighted by atomic mass is 9.82. The summed E-state index contributed by atoms with van der Waals surface area (Å²) in [6.07, 6.45) is 1.10. The van der Waals surface area contributed by atoms with Crippen molar-refractivity contribution in [3.63, 3.8) is 0 Å². The Balaban J connectivity index is 1.76. The van der Waals surface area contributed by atoms with Crippen LogP contribution < -0.4 is 10.5 Å². The number of sulfonamides is 1. The van der Waals surface area contributed by atoms with Crippen LogP contribution in [0.3, 0.4) is 0 Å². The molecule has 0 aromatic heterocycles. The summed E-state index contributed by atoms with van der Waals surface area (Å²) in [6, 6.07) is 6.83. The summed E-state index contributed by atoms with van der Waals surface area (Å²) >= 11 is 0. The molecule has 21 heavy (non-hydrogen) atoms. The lowest BCUT2D eigenvalue weighted by Gasteiger charge is -2.34. The fourth-order valence-corrected chi connectivity index (χ4v) is 3.36. The molecule has 1 aromatic rings. The van der Waals surface area contributed by atoms with E-state index in [9.17, 15) is 13.5 Å². The summed E-state index contributed by atoms with van der Waals surface area (Å²) in [5.74, 6) is 0.797. The topological polar surface area (TPSA) is 92.9 Å². The van der Waals surface area contributed by atoms with E-state index in [1.807, 2.05) is 0 Å². The first-order chi connectivity index (χ1) is 9.87. The maximum atomic E-state index is 12.1. The molecule has 7 heteroatoms. The van der Waals surface area contributed by atoms with Gasteiger partial charge >= 0.3 is 0 Å². The maximum absolute atomic E-state index is 12.1. The SMILES string of the molecule is CN(CC1CC(O)C1)S(=O)(=O)CCOc1ccc(N)cc1.